The summed E-state index contributed by atoms with van der Waals surface area (Å²) in [6.45, 7) is 0. The van der Waals surface area contributed by atoms with E-state index in [4.69, 9.17) is 27.9 Å². The highest BCUT2D eigenvalue weighted by Gasteiger charge is 2.31. The fourth-order valence-corrected chi connectivity index (χ4v) is 3.68. The number of amides is 2. The summed E-state index contributed by atoms with van der Waals surface area (Å²) in [7, 11) is 0. The molecule has 0 spiro atoms. The fourth-order valence-electron chi connectivity index (χ4n) is 3.23. The molecule has 0 saturated heterocycles. The molecule has 4 nitrogen and oxygen atoms in total. The lowest BCUT2D eigenvalue weighted by Gasteiger charge is -2.16. The van der Waals surface area contributed by atoms with Gasteiger partial charge in [0.05, 0.1) is 16.3 Å². The second-order valence-corrected chi connectivity index (χ2v) is 8.25. The summed E-state index contributed by atoms with van der Waals surface area (Å²) >= 11 is 12.0. The molecule has 9 heteroatoms. The first-order valence-electron chi connectivity index (χ1n) is 10.3. The average molecular weight is 517 g/mol. The summed E-state index contributed by atoms with van der Waals surface area (Å²) in [5.74, 6) is 0.132. The minimum absolute atomic E-state index is 0.0307. The van der Waals surface area contributed by atoms with Gasteiger partial charge in [-0.15, -0.1) is 0 Å². The van der Waals surface area contributed by atoms with Crippen molar-refractivity contribution in [1.82, 2.24) is 0 Å². The van der Waals surface area contributed by atoms with Crippen molar-refractivity contribution >= 4 is 40.6 Å². The average Bonchev–Trinajstić information content (AvgIpc) is 2.82. The van der Waals surface area contributed by atoms with Crippen LogP contribution < -0.4 is 15.4 Å². The van der Waals surface area contributed by atoms with Gasteiger partial charge < -0.3 is 15.4 Å². The minimum Gasteiger partial charge on any atom is -0.454 e. The molecular weight excluding hydrogens is 500 g/mol. The van der Waals surface area contributed by atoms with Gasteiger partial charge >= 0.3 is 12.2 Å². The molecule has 4 aromatic rings. The van der Waals surface area contributed by atoms with Gasteiger partial charge in [0, 0.05) is 10.7 Å². The van der Waals surface area contributed by atoms with Gasteiger partial charge in [-0.25, -0.2) is 4.79 Å². The van der Waals surface area contributed by atoms with E-state index >= 15 is 0 Å². The molecule has 0 fully saturated rings. The quantitative estimate of drug-likeness (QED) is 0.277. The third-order valence-electron chi connectivity index (χ3n) is 4.92. The van der Waals surface area contributed by atoms with Crippen molar-refractivity contribution < 1.29 is 22.7 Å². The van der Waals surface area contributed by atoms with Crippen molar-refractivity contribution in [3.63, 3.8) is 0 Å². The van der Waals surface area contributed by atoms with Gasteiger partial charge in [0.2, 0.25) is 0 Å². The Morgan fingerprint density at radius 3 is 2.06 bits per heavy atom. The molecule has 0 atom stereocenters. The zero-order valence-corrected chi connectivity index (χ0v) is 19.4. The number of anilines is 2. The smallest absolute Gasteiger partial charge is 0.416 e. The fraction of sp³-hybridized carbons (Fsp3) is 0.0385. The summed E-state index contributed by atoms with van der Waals surface area (Å²) in [5.41, 5.74) is 1.27. The van der Waals surface area contributed by atoms with Gasteiger partial charge in [-0.3, -0.25) is 0 Å². The lowest BCUT2D eigenvalue weighted by atomic mass is 10.1. The number of halogens is 5. The maximum atomic E-state index is 13.3. The van der Waals surface area contributed by atoms with Gasteiger partial charge in [-0.05, 0) is 59.7 Å². The maximum absolute atomic E-state index is 13.3. The van der Waals surface area contributed by atoms with Crippen LogP contribution in [0.1, 0.15) is 5.56 Å². The van der Waals surface area contributed by atoms with Crippen LogP contribution in [0.5, 0.6) is 11.5 Å². The first-order valence-corrected chi connectivity index (χ1v) is 11.0. The Kier molecular flexibility index (Phi) is 7.19. The van der Waals surface area contributed by atoms with Gasteiger partial charge in [-0.2, -0.15) is 13.2 Å². The van der Waals surface area contributed by atoms with E-state index < -0.39 is 17.8 Å². The van der Waals surface area contributed by atoms with Crippen molar-refractivity contribution in [2.24, 2.45) is 0 Å². The van der Waals surface area contributed by atoms with E-state index in [1.165, 1.54) is 18.2 Å². The van der Waals surface area contributed by atoms with Crippen molar-refractivity contribution in [3.8, 4) is 22.6 Å². The van der Waals surface area contributed by atoms with Crippen molar-refractivity contribution in [2.45, 2.75) is 6.18 Å². The summed E-state index contributed by atoms with van der Waals surface area (Å²) in [6, 6.07) is 23.1. The lowest BCUT2D eigenvalue weighted by Crippen LogP contribution is -2.20. The van der Waals surface area contributed by atoms with E-state index in [1.807, 2.05) is 42.5 Å². The molecule has 178 valence electrons. The molecule has 4 rings (SSSR count). The van der Waals surface area contributed by atoms with Crippen LogP contribution in [-0.4, -0.2) is 6.03 Å². The molecule has 35 heavy (non-hydrogen) atoms. The molecule has 0 heterocycles. The van der Waals surface area contributed by atoms with Crippen LogP contribution in [-0.2, 0) is 6.18 Å². The first-order chi connectivity index (χ1) is 16.7. The van der Waals surface area contributed by atoms with E-state index in [-0.39, 0.29) is 22.2 Å². The van der Waals surface area contributed by atoms with Gasteiger partial charge in [0.25, 0.3) is 0 Å². The maximum Gasteiger partial charge on any atom is 0.416 e. The Hall–Kier alpha value is -3.68. The molecule has 2 amide bonds. The molecule has 0 aliphatic heterocycles. The molecule has 0 bridgehead atoms. The van der Waals surface area contributed by atoms with Crippen LogP contribution in [0.4, 0.5) is 29.3 Å². The number of rotatable bonds is 5. The Morgan fingerprint density at radius 1 is 0.743 bits per heavy atom. The second kappa shape index (κ2) is 10.3. The summed E-state index contributed by atoms with van der Waals surface area (Å²) in [6.07, 6.45) is -4.61. The molecule has 0 saturated carbocycles. The highest BCUT2D eigenvalue weighted by molar-refractivity contribution is 6.35. The van der Waals surface area contributed by atoms with Crippen molar-refractivity contribution in [3.05, 3.63) is 107 Å². The zero-order chi connectivity index (χ0) is 25.0. The predicted molar refractivity (Wildman–Crippen MR) is 132 cm³/mol. The number of ether oxygens (including phenoxy) is 1. The van der Waals surface area contributed by atoms with E-state index in [0.29, 0.717) is 10.7 Å². The summed E-state index contributed by atoms with van der Waals surface area (Å²) in [5, 5.41) is 5.56. The summed E-state index contributed by atoms with van der Waals surface area (Å²) < 4.78 is 45.6. The number of carbonyl (C=O) groups is 1. The van der Waals surface area contributed by atoms with Crippen LogP contribution in [0.25, 0.3) is 11.1 Å². The van der Waals surface area contributed by atoms with E-state index in [1.54, 1.807) is 12.1 Å². The van der Waals surface area contributed by atoms with Crippen molar-refractivity contribution in [2.75, 3.05) is 10.6 Å². The van der Waals surface area contributed by atoms with Crippen LogP contribution in [0.3, 0.4) is 0 Å². The van der Waals surface area contributed by atoms with Crippen molar-refractivity contribution in [1.29, 1.82) is 0 Å². The molecular formula is C26H17Cl2F3N2O2. The third-order valence-corrected chi connectivity index (χ3v) is 5.45. The van der Waals surface area contributed by atoms with E-state index in [9.17, 15) is 18.0 Å². The first kappa shape index (κ1) is 24.4. The minimum atomic E-state index is -4.61. The van der Waals surface area contributed by atoms with Gasteiger partial charge in [-0.1, -0.05) is 65.7 Å². The SMILES string of the molecule is O=C(Nc1ccc(-c2ccccc2)cc1)Nc1cc(C(F)(F)F)ccc1Oc1ccc(Cl)cc1Cl. The Bertz CT molecular complexity index is 1350. The van der Waals surface area contributed by atoms with Crippen LogP contribution in [0.2, 0.25) is 10.0 Å². The highest BCUT2D eigenvalue weighted by atomic mass is 35.5. The molecule has 0 aliphatic rings. The monoisotopic (exact) mass is 516 g/mol. The molecule has 2 N–H and O–H groups in total. The van der Waals surface area contributed by atoms with E-state index in [2.05, 4.69) is 10.6 Å². The molecule has 0 radical (unpaired) electrons. The number of urea groups is 1. The zero-order valence-electron chi connectivity index (χ0n) is 17.9. The Balaban J connectivity index is 1.54. The number of nitrogens with one attached hydrogen (secondary N) is 2. The Morgan fingerprint density at radius 2 is 1.40 bits per heavy atom. The normalized spacial score (nSPS) is 11.1. The molecule has 0 aliphatic carbocycles. The van der Waals surface area contributed by atoms with Crippen LogP contribution in [0, 0.1) is 0 Å². The van der Waals surface area contributed by atoms with Crippen LogP contribution in [0.15, 0.2) is 91.0 Å². The largest absolute Gasteiger partial charge is 0.454 e. The molecule has 4 aromatic carbocycles. The summed E-state index contributed by atoms with van der Waals surface area (Å²) in [4.78, 5) is 12.6. The number of hydrogen-bond acceptors (Lipinski definition) is 2. The highest BCUT2D eigenvalue weighted by Crippen LogP contribution is 2.39. The number of benzene rings is 4. The third kappa shape index (κ3) is 6.26. The van der Waals surface area contributed by atoms with Crippen LogP contribution >= 0.6 is 23.2 Å². The topological polar surface area (TPSA) is 50.4 Å². The van der Waals surface area contributed by atoms with E-state index in [0.717, 1.165) is 29.3 Å². The molecule has 0 aromatic heterocycles. The second-order valence-electron chi connectivity index (χ2n) is 7.41. The number of carbonyl (C=O) groups excluding carboxylic acids is 1. The number of alkyl halides is 3. The Labute approximate surface area is 209 Å². The number of hydrogen-bond donors (Lipinski definition) is 2. The molecule has 0 unspecified atom stereocenters. The standard InChI is InChI=1S/C26H17Cl2F3N2O2/c27-19-9-13-23(21(28)15-19)35-24-12-8-18(26(29,30)31)14-22(24)33-25(34)32-20-10-6-17(7-11-20)16-4-2-1-3-5-16/h1-15H,(H2,32,33,34). The van der Waals surface area contributed by atoms with Gasteiger partial charge in [0.1, 0.15) is 5.75 Å². The predicted octanol–water partition coefficient (Wildman–Crippen LogP) is 9.12. The van der Waals surface area contributed by atoms with Gasteiger partial charge in [0.15, 0.2) is 5.75 Å². The lowest BCUT2D eigenvalue weighted by molar-refractivity contribution is -0.137.